The van der Waals surface area contributed by atoms with Crippen molar-refractivity contribution in [3.05, 3.63) is 0 Å². The van der Waals surface area contributed by atoms with Crippen molar-refractivity contribution in [3.63, 3.8) is 0 Å². The van der Waals surface area contributed by atoms with Crippen molar-refractivity contribution in [2.45, 2.75) is 40.2 Å². The predicted octanol–water partition coefficient (Wildman–Crippen LogP) is 2.27. The minimum absolute atomic E-state index is 0.152. The maximum Gasteiger partial charge on any atom is 0.165 e. The number of hydrogen-bond donors (Lipinski definition) is 0. The van der Waals surface area contributed by atoms with E-state index >= 15 is 0 Å². The minimum Gasteiger partial charge on any atom is -0.370 e. The summed E-state index contributed by atoms with van der Waals surface area (Å²) in [4.78, 5) is 11.9. The summed E-state index contributed by atoms with van der Waals surface area (Å²) < 4.78 is 5.48. The smallest absolute Gasteiger partial charge is 0.165 e. The summed E-state index contributed by atoms with van der Waals surface area (Å²) in [6.07, 6.45) is 0.751. The summed E-state index contributed by atoms with van der Waals surface area (Å²) in [6.45, 7) is 9.07. The van der Waals surface area contributed by atoms with Crippen LogP contribution in [0.3, 0.4) is 0 Å². The molecule has 0 bridgehead atoms. The molecule has 2 atom stereocenters. The van der Waals surface area contributed by atoms with E-state index in [0.29, 0.717) is 17.6 Å². The maximum atomic E-state index is 11.9. The monoisotopic (exact) mass is 184 g/mol. The lowest BCUT2D eigenvalue weighted by atomic mass is 9.82. The number of carbonyl (C=O) groups excluding carboxylic acids is 1. The van der Waals surface area contributed by atoms with Crippen molar-refractivity contribution in [3.8, 4) is 0 Å². The summed E-state index contributed by atoms with van der Waals surface area (Å²) in [5.74, 6) is 1.31. The Morgan fingerprint density at radius 2 is 1.85 bits per heavy atom. The minimum atomic E-state index is -0.152. The first kappa shape index (κ1) is 10.7. The average Bonchev–Trinajstić information content (AvgIpc) is 2.03. The highest BCUT2D eigenvalue weighted by Crippen LogP contribution is 2.26. The Labute approximate surface area is 80.7 Å². The second kappa shape index (κ2) is 4.23. The molecule has 1 aliphatic heterocycles. The van der Waals surface area contributed by atoms with Crippen molar-refractivity contribution in [1.29, 1.82) is 0 Å². The van der Waals surface area contributed by atoms with Crippen molar-refractivity contribution in [1.82, 2.24) is 0 Å². The summed E-state index contributed by atoms with van der Waals surface area (Å²) in [5.41, 5.74) is 0. The van der Waals surface area contributed by atoms with Crippen LogP contribution in [-0.2, 0) is 9.53 Å². The van der Waals surface area contributed by atoms with Gasteiger partial charge in [-0.1, -0.05) is 27.7 Å². The fourth-order valence-electron chi connectivity index (χ4n) is 1.94. The van der Waals surface area contributed by atoms with E-state index < -0.39 is 0 Å². The molecule has 0 aromatic heterocycles. The molecule has 0 aromatic carbocycles. The number of rotatable bonds is 2. The molecule has 76 valence electrons. The van der Waals surface area contributed by atoms with Crippen molar-refractivity contribution >= 4 is 5.78 Å². The standard InChI is InChI=1S/C11H20O2/c1-7(2)9-5-6-13-11(8(3)4)10(9)12/h7-9,11H,5-6H2,1-4H3. The lowest BCUT2D eigenvalue weighted by Gasteiger charge is -2.32. The zero-order valence-electron chi connectivity index (χ0n) is 9.04. The third-order valence-corrected chi connectivity index (χ3v) is 2.78. The van der Waals surface area contributed by atoms with Gasteiger partial charge in [0.15, 0.2) is 5.78 Å². The quantitative estimate of drug-likeness (QED) is 0.658. The van der Waals surface area contributed by atoms with E-state index in [-0.39, 0.29) is 12.0 Å². The molecular weight excluding hydrogens is 164 g/mol. The summed E-state index contributed by atoms with van der Waals surface area (Å²) in [5, 5.41) is 0. The van der Waals surface area contributed by atoms with Gasteiger partial charge in [0.05, 0.1) is 0 Å². The predicted molar refractivity (Wildman–Crippen MR) is 52.5 cm³/mol. The lowest BCUT2D eigenvalue weighted by Crippen LogP contribution is -2.42. The van der Waals surface area contributed by atoms with Gasteiger partial charge in [-0.25, -0.2) is 0 Å². The Bertz CT molecular complexity index is 167. The van der Waals surface area contributed by atoms with Crippen LogP contribution >= 0.6 is 0 Å². The number of Topliss-reactive ketones (excluding diaryl/α,β-unsaturated/α-hetero) is 1. The summed E-state index contributed by atoms with van der Waals surface area (Å²) in [7, 11) is 0. The van der Waals surface area contributed by atoms with Crippen molar-refractivity contribution in [2.24, 2.45) is 17.8 Å². The zero-order chi connectivity index (χ0) is 10.0. The molecule has 1 fully saturated rings. The molecule has 0 amide bonds. The van der Waals surface area contributed by atoms with E-state index in [1.807, 2.05) is 13.8 Å². The maximum absolute atomic E-state index is 11.9. The molecule has 0 N–H and O–H groups in total. The number of ether oxygens (including phenoxy) is 1. The highest BCUT2D eigenvalue weighted by Gasteiger charge is 2.35. The SMILES string of the molecule is CC(C)C1CCOC(C(C)C)C1=O. The summed E-state index contributed by atoms with van der Waals surface area (Å²) >= 11 is 0. The molecule has 0 radical (unpaired) electrons. The molecule has 2 nitrogen and oxygen atoms in total. The van der Waals surface area contributed by atoms with Crippen LogP contribution < -0.4 is 0 Å². The van der Waals surface area contributed by atoms with E-state index in [9.17, 15) is 4.79 Å². The van der Waals surface area contributed by atoms with Crippen LogP contribution in [0.1, 0.15) is 34.1 Å². The molecule has 0 saturated carbocycles. The van der Waals surface area contributed by atoms with Crippen LogP contribution in [0.4, 0.5) is 0 Å². The highest BCUT2D eigenvalue weighted by molar-refractivity contribution is 5.86. The van der Waals surface area contributed by atoms with Crippen LogP contribution in [-0.4, -0.2) is 18.5 Å². The third-order valence-electron chi connectivity index (χ3n) is 2.78. The Balaban J connectivity index is 2.66. The molecule has 0 aromatic rings. The Hall–Kier alpha value is -0.370. The summed E-state index contributed by atoms with van der Waals surface area (Å²) in [6, 6.07) is 0. The lowest BCUT2D eigenvalue weighted by molar-refractivity contribution is -0.147. The zero-order valence-corrected chi connectivity index (χ0v) is 9.04. The van der Waals surface area contributed by atoms with Crippen LogP contribution in [0.2, 0.25) is 0 Å². The topological polar surface area (TPSA) is 26.3 Å². The first-order valence-electron chi connectivity index (χ1n) is 5.19. The second-order valence-electron chi connectivity index (χ2n) is 4.58. The first-order chi connectivity index (χ1) is 6.04. The fraction of sp³-hybridized carbons (Fsp3) is 0.909. The Morgan fingerprint density at radius 1 is 1.23 bits per heavy atom. The van der Waals surface area contributed by atoms with E-state index in [1.54, 1.807) is 0 Å². The molecule has 0 spiro atoms. The van der Waals surface area contributed by atoms with Gasteiger partial charge in [0.25, 0.3) is 0 Å². The van der Waals surface area contributed by atoms with E-state index in [2.05, 4.69) is 13.8 Å². The molecule has 1 heterocycles. The molecule has 13 heavy (non-hydrogen) atoms. The van der Waals surface area contributed by atoms with Gasteiger partial charge >= 0.3 is 0 Å². The number of hydrogen-bond acceptors (Lipinski definition) is 2. The Kier molecular flexibility index (Phi) is 3.48. The molecule has 1 rings (SSSR count). The van der Waals surface area contributed by atoms with Gasteiger partial charge < -0.3 is 4.74 Å². The van der Waals surface area contributed by atoms with Gasteiger partial charge in [-0.05, 0) is 18.3 Å². The van der Waals surface area contributed by atoms with Crippen LogP contribution in [0.25, 0.3) is 0 Å². The van der Waals surface area contributed by atoms with Crippen LogP contribution in [0, 0.1) is 17.8 Å². The van der Waals surface area contributed by atoms with Crippen molar-refractivity contribution in [2.75, 3.05) is 6.61 Å². The van der Waals surface area contributed by atoms with Gasteiger partial charge in [0.1, 0.15) is 6.10 Å². The Morgan fingerprint density at radius 3 is 2.31 bits per heavy atom. The third kappa shape index (κ3) is 2.31. The fourth-order valence-corrected chi connectivity index (χ4v) is 1.94. The first-order valence-corrected chi connectivity index (χ1v) is 5.19. The average molecular weight is 184 g/mol. The van der Waals surface area contributed by atoms with Gasteiger partial charge in [0, 0.05) is 12.5 Å². The van der Waals surface area contributed by atoms with E-state index in [4.69, 9.17) is 4.74 Å². The molecular formula is C11H20O2. The van der Waals surface area contributed by atoms with Crippen LogP contribution in [0.15, 0.2) is 0 Å². The van der Waals surface area contributed by atoms with Gasteiger partial charge in [-0.15, -0.1) is 0 Å². The number of ketones is 1. The molecule has 1 saturated heterocycles. The van der Waals surface area contributed by atoms with E-state index in [0.717, 1.165) is 13.0 Å². The highest BCUT2D eigenvalue weighted by atomic mass is 16.5. The molecule has 2 unspecified atom stereocenters. The van der Waals surface area contributed by atoms with Gasteiger partial charge in [-0.2, -0.15) is 0 Å². The molecule has 1 aliphatic rings. The largest absolute Gasteiger partial charge is 0.370 e. The van der Waals surface area contributed by atoms with Gasteiger partial charge in [0.2, 0.25) is 0 Å². The van der Waals surface area contributed by atoms with E-state index in [1.165, 1.54) is 0 Å². The van der Waals surface area contributed by atoms with Crippen molar-refractivity contribution < 1.29 is 9.53 Å². The van der Waals surface area contributed by atoms with Crippen LogP contribution in [0.5, 0.6) is 0 Å². The molecule has 2 heteroatoms. The number of carbonyl (C=O) groups is 1. The normalized spacial score (nSPS) is 30.2. The molecule has 0 aliphatic carbocycles. The second-order valence-corrected chi connectivity index (χ2v) is 4.58. The van der Waals surface area contributed by atoms with Gasteiger partial charge in [-0.3, -0.25) is 4.79 Å².